The van der Waals surface area contributed by atoms with E-state index < -0.39 is 5.79 Å². The molecular weight excluding hydrogens is 504 g/mol. The fourth-order valence-corrected chi connectivity index (χ4v) is 5.30. The van der Waals surface area contributed by atoms with Crippen LogP contribution in [0.5, 0.6) is 5.75 Å². The summed E-state index contributed by atoms with van der Waals surface area (Å²) in [6, 6.07) is 13.5. The Morgan fingerprint density at radius 3 is 2.63 bits per heavy atom. The molecular formula is C30H37ClN2O5. The molecule has 1 aromatic heterocycles. The van der Waals surface area contributed by atoms with Crippen molar-refractivity contribution in [2.75, 3.05) is 26.4 Å². The van der Waals surface area contributed by atoms with Gasteiger partial charge in [-0.1, -0.05) is 44.5 Å². The number of hydrogen-bond donors (Lipinski definition) is 1. The lowest BCUT2D eigenvalue weighted by Crippen LogP contribution is -2.41. The minimum atomic E-state index is -0.529. The predicted molar refractivity (Wildman–Crippen MR) is 148 cm³/mol. The molecule has 38 heavy (non-hydrogen) atoms. The number of fused-ring (bicyclic) bond motifs is 3. The minimum Gasteiger partial charge on any atom is -0.493 e. The fraction of sp³-hybridized carbons (Fsp3) is 0.500. The SMILES string of the molecule is CC(C)(C)COC(=O)N1CCc2c([nH]c3ccc(Cl)cc23)C1c1ccc(OCC[C@H]2COC(C)(C)O2)cc1. The number of aromatic nitrogens is 1. The number of rotatable bonds is 6. The Bertz CT molecular complexity index is 1290. The fourth-order valence-electron chi connectivity index (χ4n) is 5.13. The van der Waals surface area contributed by atoms with Gasteiger partial charge in [0.25, 0.3) is 0 Å². The van der Waals surface area contributed by atoms with Gasteiger partial charge in [-0.15, -0.1) is 0 Å². The van der Waals surface area contributed by atoms with E-state index in [0.717, 1.165) is 40.8 Å². The van der Waals surface area contributed by atoms with Gasteiger partial charge >= 0.3 is 6.09 Å². The van der Waals surface area contributed by atoms with Crippen molar-refractivity contribution in [2.45, 2.75) is 65.4 Å². The third kappa shape index (κ3) is 5.95. The van der Waals surface area contributed by atoms with Crippen LogP contribution in [-0.2, 0) is 20.6 Å². The highest BCUT2D eigenvalue weighted by Gasteiger charge is 2.36. The molecule has 0 saturated carbocycles. The van der Waals surface area contributed by atoms with E-state index in [1.54, 1.807) is 0 Å². The van der Waals surface area contributed by atoms with Crippen LogP contribution in [-0.4, -0.2) is 54.2 Å². The Morgan fingerprint density at radius 1 is 1.18 bits per heavy atom. The smallest absolute Gasteiger partial charge is 0.410 e. The molecule has 0 spiro atoms. The predicted octanol–water partition coefficient (Wildman–Crippen LogP) is 6.87. The summed E-state index contributed by atoms with van der Waals surface area (Å²) in [5.74, 6) is 0.243. The Kier molecular flexibility index (Phi) is 7.37. The number of carbonyl (C=O) groups excluding carboxylic acids is 1. The first-order chi connectivity index (χ1) is 18.0. The molecule has 2 aliphatic heterocycles. The third-order valence-corrected chi connectivity index (χ3v) is 7.16. The van der Waals surface area contributed by atoms with Crippen LogP contribution in [0.2, 0.25) is 5.02 Å². The second kappa shape index (κ2) is 10.4. The average molecular weight is 541 g/mol. The monoisotopic (exact) mass is 540 g/mol. The molecule has 3 heterocycles. The molecule has 8 heteroatoms. The summed E-state index contributed by atoms with van der Waals surface area (Å²) in [5.41, 5.74) is 4.06. The number of nitrogens with zero attached hydrogens (tertiary/aromatic N) is 1. The van der Waals surface area contributed by atoms with Crippen molar-refractivity contribution in [2.24, 2.45) is 5.41 Å². The summed E-state index contributed by atoms with van der Waals surface area (Å²) >= 11 is 6.32. The number of nitrogens with one attached hydrogen (secondary N) is 1. The highest BCUT2D eigenvalue weighted by atomic mass is 35.5. The quantitative estimate of drug-likeness (QED) is 0.369. The van der Waals surface area contributed by atoms with Crippen molar-refractivity contribution >= 4 is 28.6 Å². The maximum absolute atomic E-state index is 13.3. The number of benzene rings is 2. The molecule has 1 N–H and O–H groups in total. The van der Waals surface area contributed by atoms with E-state index in [2.05, 4.69) is 25.8 Å². The lowest BCUT2D eigenvalue weighted by Gasteiger charge is -2.36. The Morgan fingerprint density at radius 2 is 1.95 bits per heavy atom. The van der Waals surface area contributed by atoms with Crippen molar-refractivity contribution in [1.82, 2.24) is 9.88 Å². The molecule has 1 amide bonds. The first-order valence-corrected chi connectivity index (χ1v) is 13.6. The molecule has 1 saturated heterocycles. The Balaban J connectivity index is 1.37. The molecule has 2 aromatic carbocycles. The number of hydrogen-bond acceptors (Lipinski definition) is 5. The summed E-state index contributed by atoms with van der Waals surface area (Å²) in [4.78, 5) is 18.7. The Labute approximate surface area is 229 Å². The van der Waals surface area contributed by atoms with Crippen LogP contribution in [0.15, 0.2) is 42.5 Å². The third-order valence-electron chi connectivity index (χ3n) is 6.92. The Hall–Kier alpha value is -2.74. The van der Waals surface area contributed by atoms with Crippen molar-refractivity contribution < 1.29 is 23.7 Å². The largest absolute Gasteiger partial charge is 0.493 e. The summed E-state index contributed by atoms with van der Waals surface area (Å²) in [5, 5.41) is 1.80. The van der Waals surface area contributed by atoms with E-state index in [1.807, 2.05) is 61.2 Å². The molecule has 1 unspecified atom stereocenters. The molecule has 5 rings (SSSR count). The lowest BCUT2D eigenvalue weighted by atomic mass is 9.92. The van der Waals surface area contributed by atoms with E-state index in [4.69, 9.17) is 30.5 Å². The summed E-state index contributed by atoms with van der Waals surface area (Å²) < 4.78 is 23.2. The summed E-state index contributed by atoms with van der Waals surface area (Å²) in [6.45, 7) is 12.0. The van der Waals surface area contributed by atoms with E-state index >= 15 is 0 Å². The van der Waals surface area contributed by atoms with Gasteiger partial charge in [0.15, 0.2) is 5.79 Å². The summed E-state index contributed by atoms with van der Waals surface area (Å²) in [7, 11) is 0. The maximum Gasteiger partial charge on any atom is 0.410 e. The van der Waals surface area contributed by atoms with Crippen molar-refractivity contribution in [3.8, 4) is 5.75 Å². The number of H-pyrrole nitrogens is 1. The first kappa shape index (κ1) is 26.9. The second-order valence-corrected chi connectivity index (χ2v) is 12.3. The van der Waals surface area contributed by atoms with E-state index in [-0.39, 0.29) is 23.7 Å². The number of ether oxygens (including phenoxy) is 4. The molecule has 2 atom stereocenters. The molecule has 204 valence electrons. The van der Waals surface area contributed by atoms with Gasteiger partial charge in [-0.25, -0.2) is 4.79 Å². The van der Waals surface area contributed by atoms with Gasteiger partial charge in [-0.05, 0) is 67.1 Å². The topological polar surface area (TPSA) is 73.0 Å². The van der Waals surface area contributed by atoms with Gasteiger partial charge in [-0.2, -0.15) is 0 Å². The highest BCUT2D eigenvalue weighted by Crippen LogP contribution is 2.40. The van der Waals surface area contributed by atoms with E-state index in [1.165, 1.54) is 5.56 Å². The molecule has 0 radical (unpaired) electrons. The first-order valence-electron chi connectivity index (χ1n) is 13.3. The van der Waals surface area contributed by atoms with Crippen LogP contribution in [0.3, 0.4) is 0 Å². The van der Waals surface area contributed by atoms with Crippen LogP contribution in [0.25, 0.3) is 10.9 Å². The van der Waals surface area contributed by atoms with Gasteiger partial charge in [0.2, 0.25) is 0 Å². The number of carbonyl (C=O) groups is 1. The van der Waals surface area contributed by atoms with Crippen LogP contribution in [0, 0.1) is 5.41 Å². The van der Waals surface area contributed by atoms with Gasteiger partial charge in [0, 0.05) is 34.6 Å². The minimum absolute atomic E-state index is 0.0353. The zero-order valence-electron chi connectivity index (χ0n) is 22.8. The average Bonchev–Trinajstić information content (AvgIpc) is 3.40. The number of amides is 1. The zero-order valence-corrected chi connectivity index (χ0v) is 23.6. The molecule has 3 aromatic rings. The molecule has 1 fully saturated rings. The highest BCUT2D eigenvalue weighted by molar-refractivity contribution is 6.31. The van der Waals surface area contributed by atoms with Gasteiger partial charge in [-0.3, -0.25) is 4.90 Å². The summed E-state index contributed by atoms with van der Waals surface area (Å²) in [6.07, 6.45) is 1.20. The van der Waals surface area contributed by atoms with Crippen LogP contribution >= 0.6 is 11.6 Å². The van der Waals surface area contributed by atoms with Crippen LogP contribution in [0.4, 0.5) is 4.79 Å². The van der Waals surface area contributed by atoms with Crippen molar-refractivity contribution in [3.63, 3.8) is 0 Å². The normalized spacial score (nSPS) is 20.9. The number of aromatic amines is 1. The maximum atomic E-state index is 13.3. The molecule has 2 aliphatic rings. The molecule has 0 aliphatic carbocycles. The lowest BCUT2D eigenvalue weighted by molar-refractivity contribution is -0.139. The van der Waals surface area contributed by atoms with Crippen LogP contribution in [0.1, 0.15) is 63.9 Å². The van der Waals surface area contributed by atoms with Gasteiger partial charge in [0.1, 0.15) is 11.8 Å². The van der Waals surface area contributed by atoms with E-state index in [0.29, 0.717) is 31.4 Å². The molecule has 7 nitrogen and oxygen atoms in total. The van der Waals surface area contributed by atoms with Gasteiger partial charge in [0.05, 0.1) is 25.9 Å². The van der Waals surface area contributed by atoms with Gasteiger partial charge < -0.3 is 23.9 Å². The standard InChI is InChI=1S/C30H37ClN2O5/c1-29(2,3)18-36-28(34)33-14-12-23-24-16-20(31)8-11-25(24)32-26(23)27(33)19-6-9-21(10-7-19)35-15-13-22-17-37-30(4,5)38-22/h6-11,16,22,27,32H,12-15,17-18H2,1-5H3/t22-,27?/m0/s1. The molecule has 0 bridgehead atoms. The van der Waals surface area contributed by atoms with Crippen molar-refractivity contribution in [1.29, 1.82) is 0 Å². The number of halogens is 1. The second-order valence-electron chi connectivity index (χ2n) is 11.8. The zero-order chi connectivity index (χ0) is 27.1. The van der Waals surface area contributed by atoms with Crippen LogP contribution < -0.4 is 4.74 Å². The van der Waals surface area contributed by atoms with Crippen molar-refractivity contribution in [3.05, 3.63) is 64.3 Å². The van der Waals surface area contributed by atoms with E-state index in [9.17, 15) is 4.79 Å².